The molecule has 2 aromatic rings. The molecule has 0 unspecified atom stereocenters. The normalized spacial score (nSPS) is 15.5. The van der Waals surface area contributed by atoms with Crippen LogP contribution in [0.4, 0.5) is 11.5 Å². The van der Waals surface area contributed by atoms with Gasteiger partial charge in [0, 0.05) is 44.3 Å². The Balaban J connectivity index is 1.71. The lowest BCUT2D eigenvalue weighted by Crippen LogP contribution is -2.47. The zero-order valence-corrected chi connectivity index (χ0v) is 12.0. The number of aromatic nitrogens is 3. The first-order valence-corrected chi connectivity index (χ1v) is 6.94. The number of piperazine rings is 1. The Kier molecular flexibility index (Phi) is 3.50. The Labute approximate surface area is 119 Å². The van der Waals surface area contributed by atoms with Crippen LogP contribution in [0.25, 0.3) is 0 Å². The number of anilines is 2. The highest BCUT2D eigenvalue weighted by Crippen LogP contribution is 2.22. The molecule has 2 aromatic heterocycles. The third kappa shape index (κ3) is 2.43. The topological polar surface area (TPSA) is 45.2 Å². The van der Waals surface area contributed by atoms with E-state index in [0.717, 1.165) is 32.0 Å². The molecule has 1 fully saturated rings. The van der Waals surface area contributed by atoms with Crippen molar-refractivity contribution in [2.75, 3.05) is 36.0 Å². The smallest absolute Gasteiger partial charge is 0.154 e. The zero-order valence-electron chi connectivity index (χ0n) is 12.0. The van der Waals surface area contributed by atoms with Crippen LogP contribution in [0.5, 0.6) is 0 Å². The lowest BCUT2D eigenvalue weighted by molar-refractivity contribution is 0.641. The van der Waals surface area contributed by atoms with Gasteiger partial charge in [-0.2, -0.15) is 5.10 Å². The molecule has 104 valence electrons. The second kappa shape index (κ2) is 5.45. The summed E-state index contributed by atoms with van der Waals surface area (Å²) in [5.41, 5.74) is 3.68. The summed E-state index contributed by atoms with van der Waals surface area (Å²) < 4.78 is 0. The molecule has 0 radical (unpaired) electrons. The number of pyridine rings is 1. The van der Waals surface area contributed by atoms with E-state index in [2.05, 4.69) is 51.0 Å². The summed E-state index contributed by atoms with van der Waals surface area (Å²) in [7, 11) is 0. The first-order valence-electron chi connectivity index (χ1n) is 6.94. The van der Waals surface area contributed by atoms with Crippen molar-refractivity contribution in [1.82, 2.24) is 15.2 Å². The van der Waals surface area contributed by atoms with Crippen LogP contribution < -0.4 is 9.80 Å². The number of hydrogen-bond acceptors (Lipinski definition) is 5. The summed E-state index contributed by atoms with van der Waals surface area (Å²) in [6.07, 6.45) is 5.52. The van der Waals surface area contributed by atoms with Crippen molar-refractivity contribution in [3.8, 4) is 0 Å². The van der Waals surface area contributed by atoms with Gasteiger partial charge in [-0.25, -0.2) is 0 Å². The molecule has 0 bridgehead atoms. The molecule has 0 spiro atoms. The minimum atomic E-state index is 0.974. The van der Waals surface area contributed by atoms with Gasteiger partial charge in [-0.1, -0.05) is 0 Å². The molecule has 1 aliphatic heterocycles. The van der Waals surface area contributed by atoms with E-state index in [1.807, 2.05) is 18.6 Å². The van der Waals surface area contributed by atoms with Crippen LogP contribution in [0.1, 0.15) is 11.1 Å². The van der Waals surface area contributed by atoms with Crippen LogP contribution in [0.15, 0.2) is 30.7 Å². The summed E-state index contributed by atoms with van der Waals surface area (Å²) in [4.78, 5) is 8.78. The van der Waals surface area contributed by atoms with Gasteiger partial charge in [-0.05, 0) is 37.1 Å². The van der Waals surface area contributed by atoms with Crippen LogP contribution in [0.3, 0.4) is 0 Å². The van der Waals surface area contributed by atoms with Gasteiger partial charge in [0.05, 0.1) is 6.20 Å². The lowest BCUT2D eigenvalue weighted by Gasteiger charge is -2.37. The summed E-state index contributed by atoms with van der Waals surface area (Å²) in [6.45, 7) is 8.15. The van der Waals surface area contributed by atoms with E-state index in [0.29, 0.717) is 0 Å². The Morgan fingerprint density at radius 1 is 0.950 bits per heavy atom. The average molecular weight is 269 g/mol. The number of aryl methyl sites for hydroxylation is 1. The van der Waals surface area contributed by atoms with Crippen molar-refractivity contribution in [2.45, 2.75) is 13.8 Å². The molecular weight excluding hydrogens is 250 g/mol. The molecule has 3 heterocycles. The SMILES string of the molecule is Cc1cnnc(N2CCN(c3ccncc3)CC2)c1C. The maximum absolute atomic E-state index is 4.31. The van der Waals surface area contributed by atoms with Gasteiger partial charge in [0.15, 0.2) is 5.82 Å². The van der Waals surface area contributed by atoms with Gasteiger partial charge < -0.3 is 9.80 Å². The standard InChI is InChI=1S/C15H19N5/c1-12-11-17-18-15(13(12)2)20-9-7-19(8-10-20)14-3-5-16-6-4-14/h3-6,11H,7-10H2,1-2H3. The predicted molar refractivity (Wildman–Crippen MR) is 80.2 cm³/mol. The summed E-state index contributed by atoms with van der Waals surface area (Å²) in [6, 6.07) is 4.13. The second-order valence-corrected chi connectivity index (χ2v) is 5.16. The van der Waals surface area contributed by atoms with Gasteiger partial charge in [0.1, 0.15) is 0 Å². The Bertz CT molecular complexity index is 576. The minimum absolute atomic E-state index is 0.974. The third-order valence-electron chi connectivity index (χ3n) is 3.94. The molecule has 0 aromatic carbocycles. The van der Waals surface area contributed by atoms with Crippen molar-refractivity contribution in [3.05, 3.63) is 41.9 Å². The van der Waals surface area contributed by atoms with Crippen molar-refractivity contribution in [2.24, 2.45) is 0 Å². The number of rotatable bonds is 2. The van der Waals surface area contributed by atoms with Gasteiger partial charge in [0.2, 0.25) is 0 Å². The molecule has 1 saturated heterocycles. The van der Waals surface area contributed by atoms with Crippen LogP contribution in [0, 0.1) is 13.8 Å². The quantitative estimate of drug-likeness (QED) is 0.832. The van der Waals surface area contributed by atoms with Crippen LogP contribution >= 0.6 is 0 Å². The predicted octanol–water partition coefficient (Wildman–Crippen LogP) is 1.82. The van der Waals surface area contributed by atoms with Crippen molar-refractivity contribution in [3.63, 3.8) is 0 Å². The molecule has 0 saturated carbocycles. The maximum Gasteiger partial charge on any atom is 0.154 e. The summed E-state index contributed by atoms with van der Waals surface area (Å²) in [5, 5.41) is 8.39. The summed E-state index contributed by atoms with van der Waals surface area (Å²) >= 11 is 0. The molecule has 5 heteroatoms. The highest BCUT2D eigenvalue weighted by atomic mass is 15.3. The second-order valence-electron chi connectivity index (χ2n) is 5.16. The zero-order chi connectivity index (χ0) is 13.9. The number of hydrogen-bond donors (Lipinski definition) is 0. The van der Waals surface area contributed by atoms with Gasteiger partial charge in [-0.15, -0.1) is 5.10 Å². The fourth-order valence-electron chi connectivity index (χ4n) is 2.55. The maximum atomic E-state index is 4.31. The van der Waals surface area contributed by atoms with Crippen molar-refractivity contribution < 1.29 is 0 Å². The Morgan fingerprint density at radius 3 is 2.30 bits per heavy atom. The molecule has 0 N–H and O–H groups in total. The first-order chi connectivity index (χ1) is 9.75. The molecule has 0 atom stereocenters. The highest BCUT2D eigenvalue weighted by Gasteiger charge is 2.20. The largest absolute Gasteiger partial charge is 0.368 e. The van der Waals surface area contributed by atoms with E-state index < -0.39 is 0 Å². The van der Waals surface area contributed by atoms with Gasteiger partial charge in [0.25, 0.3) is 0 Å². The van der Waals surface area contributed by atoms with E-state index >= 15 is 0 Å². The first kappa shape index (κ1) is 12.8. The van der Waals surface area contributed by atoms with Gasteiger partial charge in [-0.3, -0.25) is 4.98 Å². The Morgan fingerprint density at radius 2 is 1.60 bits per heavy atom. The molecule has 0 aliphatic carbocycles. The van der Waals surface area contributed by atoms with Crippen LogP contribution in [-0.2, 0) is 0 Å². The van der Waals surface area contributed by atoms with E-state index in [4.69, 9.17) is 0 Å². The van der Waals surface area contributed by atoms with Crippen molar-refractivity contribution >= 4 is 11.5 Å². The molecule has 20 heavy (non-hydrogen) atoms. The molecule has 3 rings (SSSR count). The van der Waals surface area contributed by atoms with Crippen LogP contribution in [0.2, 0.25) is 0 Å². The molecule has 1 aliphatic rings. The Hall–Kier alpha value is -2.17. The van der Waals surface area contributed by atoms with E-state index in [-0.39, 0.29) is 0 Å². The summed E-state index contributed by atoms with van der Waals surface area (Å²) in [5.74, 6) is 1.03. The highest BCUT2D eigenvalue weighted by molar-refractivity contribution is 5.51. The average Bonchev–Trinajstić information content (AvgIpc) is 2.51. The third-order valence-corrected chi connectivity index (χ3v) is 3.94. The van der Waals surface area contributed by atoms with Crippen LogP contribution in [-0.4, -0.2) is 41.4 Å². The molecule has 5 nitrogen and oxygen atoms in total. The molecular formula is C15H19N5. The van der Waals surface area contributed by atoms with Crippen molar-refractivity contribution in [1.29, 1.82) is 0 Å². The fraction of sp³-hybridized carbons (Fsp3) is 0.400. The van der Waals surface area contributed by atoms with E-state index in [9.17, 15) is 0 Å². The van der Waals surface area contributed by atoms with E-state index in [1.165, 1.54) is 16.8 Å². The lowest BCUT2D eigenvalue weighted by atomic mass is 10.1. The fourth-order valence-corrected chi connectivity index (χ4v) is 2.55. The minimum Gasteiger partial charge on any atom is -0.368 e. The number of nitrogens with zero attached hydrogens (tertiary/aromatic N) is 5. The van der Waals surface area contributed by atoms with E-state index in [1.54, 1.807) is 0 Å². The molecule has 0 amide bonds. The monoisotopic (exact) mass is 269 g/mol. The van der Waals surface area contributed by atoms with Gasteiger partial charge >= 0.3 is 0 Å².